The lowest BCUT2D eigenvalue weighted by molar-refractivity contribution is -0.114. The van der Waals surface area contributed by atoms with E-state index in [-0.39, 0.29) is 17.2 Å². The van der Waals surface area contributed by atoms with E-state index in [0.29, 0.717) is 11.3 Å². The average Bonchev–Trinajstić information content (AvgIpc) is 2.58. The molecule has 0 radical (unpaired) electrons. The first-order chi connectivity index (χ1) is 11.1. The smallest absolute Gasteiger partial charge is 0.272 e. The van der Waals surface area contributed by atoms with Crippen LogP contribution < -0.4 is 10.9 Å². The molecule has 1 aromatic heterocycles. The fourth-order valence-electron chi connectivity index (χ4n) is 2.48. The number of rotatable bonds is 3. The molecular formula is C19H16N2O2. The molecule has 3 aromatic rings. The number of H-pyrrole nitrogens is 1. The number of aromatic nitrogens is 1. The van der Waals surface area contributed by atoms with Crippen molar-refractivity contribution >= 4 is 11.6 Å². The fourth-order valence-corrected chi connectivity index (χ4v) is 2.48. The predicted molar refractivity (Wildman–Crippen MR) is 92.2 cm³/mol. The maximum atomic E-state index is 12.5. The normalized spacial score (nSPS) is 10.3. The molecule has 0 saturated heterocycles. The van der Waals surface area contributed by atoms with Gasteiger partial charge in [0, 0.05) is 18.2 Å². The minimum absolute atomic E-state index is 0.267. The maximum absolute atomic E-state index is 12.5. The summed E-state index contributed by atoms with van der Waals surface area (Å²) < 4.78 is 0. The van der Waals surface area contributed by atoms with Gasteiger partial charge in [-0.3, -0.25) is 9.59 Å². The molecule has 1 heterocycles. The second kappa shape index (κ2) is 6.32. The van der Waals surface area contributed by atoms with Crippen LogP contribution in [0.4, 0.5) is 5.69 Å². The molecule has 23 heavy (non-hydrogen) atoms. The molecule has 4 heteroatoms. The van der Waals surface area contributed by atoms with Crippen LogP contribution in [-0.4, -0.2) is 10.9 Å². The van der Waals surface area contributed by atoms with Crippen LogP contribution in [0.1, 0.15) is 6.92 Å². The summed E-state index contributed by atoms with van der Waals surface area (Å²) in [4.78, 5) is 26.8. The van der Waals surface area contributed by atoms with E-state index in [4.69, 9.17) is 0 Å². The van der Waals surface area contributed by atoms with Gasteiger partial charge in [0.1, 0.15) is 5.69 Å². The lowest BCUT2D eigenvalue weighted by Gasteiger charge is -2.12. The van der Waals surface area contributed by atoms with Crippen molar-refractivity contribution in [3.05, 3.63) is 77.1 Å². The summed E-state index contributed by atoms with van der Waals surface area (Å²) in [5.74, 6) is -0.278. The lowest BCUT2D eigenvalue weighted by Crippen LogP contribution is -2.19. The van der Waals surface area contributed by atoms with Crippen molar-refractivity contribution in [3.8, 4) is 22.4 Å². The van der Waals surface area contributed by atoms with Gasteiger partial charge in [-0.15, -0.1) is 0 Å². The Balaban J connectivity index is 2.23. The first kappa shape index (κ1) is 14.8. The van der Waals surface area contributed by atoms with Crippen LogP contribution in [0.3, 0.4) is 0 Å². The Morgan fingerprint density at radius 2 is 1.48 bits per heavy atom. The quantitative estimate of drug-likeness (QED) is 0.775. The van der Waals surface area contributed by atoms with E-state index >= 15 is 0 Å². The van der Waals surface area contributed by atoms with E-state index in [0.717, 1.165) is 11.1 Å². The second-order valence-corrected chi connectivity index (χ2v) is 5.21. The largest absolute Gasteiger partial charge is 0.321 e. The standard InChI is InChI=1S/C19H16N2O2/c1-13(22)20-18-16(14-8-4-2-5-9-14)12-17(21-19(18)23)15-10-6-3-7-11-15/h2-12H,1H3,(H,20,22)(H,21,23). The summed E-state index contributed by atoms with van der Waals surface area (Å²) in [5.41, 5.74) is 3.14. The third kappa shape index (κ3) is 3.21. The molecule has 4 nitrogen and oxygen atoms in total. The van der Waals surface area contributed by atoms with Crippen LogP contribution >= 0.6 is 0 Å². The van der Waals surface area contributed by atoms with Gasteiger partial charge in [-0.1, -0.05) is 60.7 Å². The molecule has 1 amide bonds. The third-order valence-electron chi connectivity index (χ3n) is 3.50. The zero-order chi connectivity index (χ0) is 16.2. The minimum Gasteiger partial charge on any atom is -0.321 e. The van der Waals surface area contributed by atoms with Gasteiger partial charge < -0.3 is 10.3 Å². The highest BCUT2D eigenvalue weighted by atomic mass is 16.2. The number of benzene rings is 2. The maximum Gasteiger partial charge on any atom is 0.272 e. The number of aromatic amines is 1. The molecule has 0 aliphatic heterocycles. The van der Waals surface area contributed by atoms with Gasteiger partial charge in [0.2, 0.25) is 5.91 Å². The molecule has 2 N–H and O–H groups in total. The fraction of sp³-hybridized carbons (Fsp3) is 0.0526. The number of anilines is 1. The number of carbonyl (C=O) groups is 1. The van der Waals surface area contributed by atoms with E-state index in [9.17, 15) is 9.59 Å². The summed E-state index contributed by atoms with van der Waals surface area (Å²) in [6.45, 7) is 1.39. The number of hydrogen-bond donors (Lipinski definition) is 2. The molecule has 0 unspecified atom stereocenters. The first-order valence-electron chi connectivity index (χ1n) is 7.31. The molecule has 0 fully saturated rings. The van der Waals surface area contributed by atoms with Crippen LogP contribution in [-0.2, 0) is 4.79 Å². The van der Waals surface area contributed by atoms with Gasteiger partial charge in [0.15, 0.2) is 0 Å². The van der Waals surface area contributed by atoms with Gasteiger partial charge >= 0.3 is 0 Å². The van der Waals surface area contributed by atoms with Crippen molar-refractivity contribution in [1.29, 1.82) is 0 Å². The summed E-state index contributed by atoms with van der Waals surface area (Å²) >= 11 is 0. The number of carbonyl (C=O) groups excluding carboxylic acids is 1. The highest BCUT2D eigenvalue weighted by Gasteiger charge is 2.13. The van der Waals surface area contributed by atoms with Crippen LogP contribution in [0, 0.1) is 0 Å². The van der Waals surface area contributed by atoms with Gasteiger partial charge in [0.05, 0.1) is 0 Å². The SMILES string of the molecule is CC(=O)Nc1c(-c2ccccc2)cc(-c2ccccc2)[nH]c1=O. The lowest BCUT2D eigenvalue weighted by atomic mass is 10.0. The Morgan fingerprint density at radius 1 is 0.913 bits per heavy atom. The van der Waals surface area contributed by atoms with Crippen molar-refractivity contribution in [2.24, 2.45) is 0 Å². The highest BCUT2D eigenvalue weighted by molar-refractivity contribution is 5.94. The third-order valence-corrected chi connectivity index (χ3v) is 3.50. The van der Waals surface area contributed by atoms with Crippen LogP contribution in [0.5, 0.6) is 0 Å². The van der Waals surface area contributed by atoms with Crippen molar-refractivity contribution < 1.29 is 4.79 Å². The highest BCUT2D eigenvalue weighted by Crippen LogP contribution is 2.28. The Kier molecular flexibility index (Phi) is 4.06. The number of hydrogen-bond acceptors (Lipinski definition) is 2. The Labute approximate surface area is 133 Å². The minimum atomic E-state index is -0.319. The number of pyridine rings is 1. The van der Waals surface area contributed by atoms with Gasteiger partial charge in [-0.25, -0.2) is 0 Å². The monoisotopic (exact) mass is 304 g/mol. The molecule has 0 aliphatic rings. The first-order valence-corrected chi connectivity index (χ1v) is 7.31. The van der Waals surface area contributed by atoms with Crippen LogP contribution in [0.2, 0.25) is 0 Å². The van der Waals surface area contributed by atoms with Crippen molar-refractivity contribution in [2.75, 3.05) is 5.32 Å². The van der Waals surface area contributed by atoms with Gasteiger partial charge in [-0.2, -0.15) is 0 Å². The summed E-state index contributed by atoms with van der Waals surface area (Å²) in [7, 11) is 0. The Morgan fingerprint density at radius 3 is 2.04 bits per heavy atom. The van der Waals surface area contributed by atoms with Crippen LogP contribution in [0.25, 0.3) is 22.4 Å². The molecule has 0 saturated carbocycles. The zero-order valence-electron chi connectivity index (χ0n) is 12.7. The second-order valence-electron chi connectivity index (χ2n) is 5.21. The summed E-state index contributed by atoms with van der Waals surface area (Å²) in [6, 6.07) is 21.0. The average molecular weight is 304 g/mol. The van der Waals surface area contributed by atoms with Gasteiger partial charge in [-0.05, 0) is 17.2 Å². The van der Waals surface area contributed by atoms with E-state index in [1.807, 2.05) is 66.7 Å². The summed E-state index contributed by atoms with van der Waals surface area (Å²) in [6.07, 6.45) is 0. The zero-order valence-corrected chi connectivity index (χ0v) is 12.7. The molecule has 0 atom stereocenters. The molecule has 3 rings (SSSR count). The molecular weight excluding hydrogens is 288 g/mol. The Hall–Kier alpha value is -3.14. The Bertz CT molecular complexity index is 884. The van der Waals surface area contributed by atoms with Crippen molar-refractivity contribution in [2.45, 2.75) is 6.92 Å². The molecule has 0 spiro atoms. The molecule has 2 aromatic carbocycles. The van der Waals surface area contributed by atoms with E-state index < -0.39 is 0 Å². The number of nitrogens with one attached hydrogen (secondary N) is 2. The predicted octanol–water partition coefficient (Wildman–Crippen LogP) is 3.67. The van der Waals surface area contributed by atoms with E-state index in [1.165, 1.54) is 6.92 Å². The van der Waals surface area contributed by atoms with E-state index in [2.05, 4.69) is 10.3 Å². The molecule has 114 valence electrons. The van der Waals surface area contributed by atoms with E-state index in [1.54, 1.807) is 0 Å². The topological polar surface area (TPSA) is 62.0 Å². The number of amides is 1. The van der Waals surface area contributed by atoms with Gasteiger partial charge in [0.25, 0.3) is 5.56 Å². The van der Waals surface area contributed by atoms with Crippen molar-refractivity contribution in [3.63, 3.8) is 0 Å². The molecule has 0 bridgehead atoms. The molecule has 0 aliphatic carbocycles. The van der Waals surface area contributed by atoms with Crippen LogP contribution in [0.15, 0.2) is 71.5 Å². The summed E-state index contributed by atoms with van der Waals surface area (Å²) in [5, 5.41) is 2.64. The van der Waals surface area contributed by atoms with Crippen molar-refractivity contribution in [1.82, 2.24) is 4.98 Å².